The highest BCUT2D eigenvalue weighted by atomic mass is 32.1. The van der Waals surface area contributed by atoms with E-state index in [4.69, 9.17) is 0 Å². The summed E-state index contributed by atoms with van der Waals surface area (Å²) in [5, 5.41) is 0.641. The molecule has 0 amide bonds. The summed E-state index contributed by atoms with van der Waals surface area (Å²) in [6, 6.07) is 0. The second-order valence-corrected chi connectivity index (χ2v) is 3.55. The standard InChI is InChI=1S/C8H14S/c1-2-7-4-3-5-8(9)6-7/h2,7-9H,1,3-6H2. The van der Waals surface area contributed by atoms with Gasteiger partial charge in [-0.3, -0.25) is 0 Å². The van der Waals surface area contributed by atoms with Crippen molar-refractivity contribution in [2.75, 3.05) is 0 Å². The first-order valence-electron chi connectivity index (χ1n) is 3.63. The molecular weight excluding hydrogens is 128 g/mol. The molecule has 52 valence electrons. The number of hydrogen-bond acceptors (Lipinski definition) is 1. The third kappa shape index (κ3) is 2.05. The van der Waals surface area contributed by atoms with Crippen molar-refractivity contribution in [1.29, 1.82) is 0 Å². The summed E-state index contributed by atoms with van der Waals surface area (Å²) in [7, 11) is 0. The van der Waals surface area contributed by atoms with Crippen molar-refractivity contribution in [1.82, 2.24) is 0 Å². The van der Waals surface area contributed by atoms with E-state index < -0.39 is 0 Å². The number of allylic oxidation sites excluding steroid dienone is 1. The Hall–Kier alpha value is 0.0900. The minimum Gasteiger partial charge on any atom is -0.176 e. The van der Waals surface area contributed by atoms with Crippen LogP contribution in [0.2, 0.25) is 0 Å². The predicted molar refractivity (Wildman–Crippen MR) is 44.9 cm³/mol. The maximum Gasteiger partial charge on any atom is 0.00224 e. The predicted octanol–water partition coefficient (Wildman–Crippen LogP) is 2.66. The highest BCUT2D eigenvalue weighted by Crippen LogP contribution is 2.27. The molecule has 0 bridgehead atoms. The van der Waals surface area contributed by atoms with Crippen LogP contribution in [0.3, 0.4) is 0 Å². The lowest BCUT2D eigenvalue weighted by Crippen LogP contribution is -2.13. The fourth-order valence-electron chi connectivity index (χ4n) is 1.41. The second kappa shape index (κ2) is 3.31. The molecule has 1 fully saturated rings. The minimum atomic E-state index is 0.641. The Morgan fingerprint density at radius 1 is 1.44 bits per heavy atom. The van der Waals surface area contributed by atoms with Gasteiger partial charge in [0, 0.05) is 5.25 Å². The van der Waals surface area contributed by atoms with Crippen molar-refractivity contribution in [2.45, 2.75) is 30.9 Å². The lowest BCUT2D eigenvalue weighted by molar-refractivity contribution is 0.431. The molecule has 0 saturated heterocycles. The summed E-state index contributed by atoms with van der Waals surface area (Å²) in [6.07, 6.45) is 7.29. The van der Waals surface area contributed by atoms with Crippen LogP contribution < -0.4 is 0 Å². The van der Waals surface area contributed by atoms with Crippen LogP contribution in [-0.4, -0.2) is 5.25 Å². The number of hydrogen-bond donors (Lipinski definition) is 1. The Bertz CT molecular complexity index is 98.7. The van der Waals surface area contributed by atoms with Gasteiger partial charge in [-0.25, -0.2) is 0 Å². The van der Waals surface area contributed by atoms with Gasteiger partial charge in [-0.2, -0.15) is 12.6 Å². The van der Waals surface area contributed by atoms with E-state index in [9.17, 15) is 0 Å². The van der Waals surface area contributed by atoms with E-state index >= 15 is 0 Å². The molecule has 0 radical (unpaired) electrons. The molecular formula is C8H14S. The van der Waals surface area contributed by atoms with E-state index in [0.29, 0.717) is 5.25 Å². The van der Waals surface area contributed by atoms with E-state index in [2.05, 4.69) is 25.3 Å². The Kier molecular flexibility index (Phi) is 2.65. The monoisotopic (exact) mass is 142 g/mol. The first-order chi connectivity index (χ1) is 4.33. The minimum absolute atomic E-state index is 0.641. The molecule has 0 aliphatic heterocycles. The third-order valence-electron chi connectivity index (χ3n) is 2.02. The molecule has 1 saturated carbocycles. The van der Waals surface area contributed by atoms with E-state index in [1.807, 2.05) is 0 Å². The average molecular weight is 142 g/mol. The molecule has 0 aromatic rings. The van der Waals surface area contributed by atoms with Crippen LogP contribution in [0.4, 0.5) is 0 Å². The van der Waals surface area contributed by atoms with E-state index in [1.165, 1.54) is 25.7 Å². The average Bonchev–Trinajstić information content (AvgIpc) is 1.88. The Balaban J connectivity index is 2.31. The van der Waals surface area contributed by atoms with Gasteiger partial charge in [0.05, 0.1) is 0 Å². The van der Waals surface area contributed by atoms with Crippen LogP contribution in [0.25, 0.3) is 0 Å². The molecule has 1 heteroatoms. The Morgan fingerprint density at radius 2 is 2.22 bits per heavy atom. The molecule has 1 aliphatic carbocycles. The topological polar surface area (TPSA) is 0 Å². The molecule has 9 heavy (non-hydrogen) atoms. The molecule has 2 unspecified atom stereocenters. The highest BCUT2D eigenvalue weighted by Gasteiger charge is 2.15. The molecule has 1 aliphatic rings. The fourth-order valence-corrected chi connectivity index (χ4v) is 1.87. The summed E-state index contributed by atoms with van der Waals surface area (Å²) < 4.78 is 0. The van der Waals surface area contributed by atoms with Gasteiger partial charge in [-0.15, -0.1) is 6.58 Å². The van der Waals surface area contributed by atoms with Crippen LogP contribution in [-0.2, 0) is 0 Å². The van der Waals surface area contributed by atoms with Crippen molar-refractivity contribution in [3.05, 3.63) is 12.7 Å². The first kappa shape index (κ1) is 7.20. The van der Waals surface area contributed by atoms with Crippen LogP contribution >= 0.6 is 12.6 Å². The highest BCUT2D eigenvalue weighted by molar-refractivity contribution is 7.80. The quantitative estimate of drug-likeness (QED) is 0.422. The van der Waals surface area contributed by atoms with Crippen LogP contribution in [0.5, 0.6) is 0 Å². The summed E-state index contributed by atoms with van der Waals surface area (Å²) >= 11 is 4.43. The molecule has 0 spiro atoms. The third-order valence-corrected chi connectivity index (χ3v) is 2.49. The van der Waals surface area contributed by atoms with Gasteiger partial charge in [0.25, 0.3) is 0 Å². The van der Waals surface area contributed by atoms with Gasteiger partial charge in [0.2, 0.25) is 0 Å². The van der Waals surface area contributed by atoms with Crippen molar-refractivity contribution in [3.63, 3.8) is 0 Å². The van der Waals surface area contributed by atoms with E-state index in [0.717, 1.165) is 5.92 Å². The first-order valence-corrected chi connectivity index (χ1v) is 4.15. The van der Waals surface area contributed by atoms with Gasteiger partial charge in [-0.05, 0) is 25.2 Å². The van der Waals surface area contributed by atoms with Crippen LogP contribution in [0.1, 0.15) is 25.7 Å². The molecule has 1 rings (SSSR count). The van der Waals surface area contributed by atoms with Gasteiger partial charge in [0.15, 0.2) is 0 Å². The van der Waals surface area contributed by atoms with Crippen LogP contribution in [0, 0.1) is 5.92 Å². The van der Waals surface area contributed by atoms with Gasteiger partial charge >= 0.3 is 0 Å². The van der Waals surface area contributed by atoms with Gasteiger partial charge in [0.1, 0.15) is 0 Å². The normalized spacial score (nSPS) is 36.1. The molecule has 0 aromatic heterocycles. The molecule has 0 N–H and O–H groups in total. The van der Waals surface area contributed by atoms with Crippen LogP contribution in [0.15, 0.2) is 12.7 Å². The number of thiol groups is 1. The summed E-state index contributed by atoms with van der Waals surface area (Å²) in [4.78, 5) is 0. The number of rotatable bonds is 1. The smallest absolute Gasteiger partial charge is 0.00224 e. The van der Waals surface area contributed by atoms with Crippen molar-refractivity contribution in [2.24, 2.45) is 5.92 Å². The fraction of sp³-hybridized carbons (Fsp3) is 0.750. The summed E-state index contributed by atoms with van der Waals surface area (Å²) in [5.41, 5.74) is 0. The van der Waals surface area contributed by atoms with Gasteiger partial charge in [-0.1, -0.05) is 12.5 Å². The van der Waals surface area contributed by atoms with E-state index in [-0.39, 0.29) is 0 Å². The summed E-state index contributed by atoms with van der Waals surface area (Å²) in [5.74, 6) is 0.751. The van der Waals surface area contributed by atoms with Crippen molar-refractivity contribution >= 4 is 12.6 Å². The lowest BCUT2D eigenvalue weighted by Gasteiger charge is -2.22. The zero-order chi connectivity index (χ0) is 6.69. The maximum absolute atomic E-state index is 4.43. The molecule has 0 heterocycles. The zero-order valence-corrected chi connectivity index (χ0v) is 6.61. The lowest BCUT2D eigenvalue weighted by atomic mass is 9.89. The largest absolute Gasteiger partial charge is 0.176 e. The summed E-state index contributed by atoms with van der Waals surface area (Å²) in [6.45, 7) is 3.78. The molecule has 0 nitrogen and oxygen atoms in total. The van der Waals surface area contributed by atoms with Crippen molar-refractivity contribution < 1.29 is 0 Å². The molecule has 2 atom stereocenters. The SMILES string of the molecule is C=CC1CCCC(S)C1. The Labute approximate surface area is 62.8 Å². The Morgan fingerprint density at radius 3 is 2.67 bits per heavy atom. The van der Waals surface area contributed by atoms with Gasteiger partial charge < -0.3 is 0 Å². The van der Waals surface area contributed by atoms with E-state index in [1.54, 1.807) is 0 Å². The van der Waals surface area contributed by atoms with Crippen molar-refractivity contribution in [3.8, 4) is 0 Å². The maximum atomic E-state index is 4.43. The second-order valence-electron chi connectivity index (χ2n) is 2.82. The zero-order valence-electron chi connectivity index (χ0n) is 5.71. The molecule has 0 aromatic carbocycles.